The number of rotatable bonds is 4. The van der Waals surface area contributed by atoms with Gasteiger partial charge in [-0.25, -0.2) is 10.2 Å². The van der Waals surface area contributed by atoms with Crippen LogP contribution in [-0.2, 0) is 4.79 Å². The van der Waals surface area contributed by atoms with Crippen LogP contribution in [-0.4, -0.2) is 24.2 Å². The molecule has 24 heavy (non-hydrogen) atoms. The molecule has 0 saturated carbocycles. The van der Waals surface area contributed by atoms with Gasteiger partial charge in [0.15, 0.2) is 6.10 Å². The molecule has 0 aliphatic heterocycles. The van der Waals surface area contributed by atoms with Gasteiger partial charge in [-0.15, -0.1) is 0 Å². The summed E-state index contributed by atoms with van der Waals surface area (Å²) in [5.74, 6) is -0.251. The molecule has 7 heteroatoms. The Balaban J connectivity index is 1.91. The quantitative estimate of drug-likeness (QED) is 0.644. The van der Waals surface area contributed by atoms with Gasteiger partial charge in [0.25, 0.3) is 5.91 Å². The smallest absolute Gasteiger partial charge is 0.338 e. The van der Waals surface area contributed by atoms with E-state index in [4.69, 9.17) is 4.74 Å². The van der Waals surface area contributed by atoms with Gasteiger partial charge >= 0.3 is 6.03 Å². The standard InChI is InChI=1S/C17H19N3O4/c1-11-8-9-14(24-2)13(10-11)18-17(23)20-19-16(22)15(21)12-6-4-3-5-7-12/h3-10,15,21H,1-2H3,(H,19,22)(H2,18,20,23). The summed E-state index contributed by atoms with van der Waals surface area (Å²) in [7, 11) is 1.49. The van der Waals surface area contributed by atoms with Crippen molar-refractivity contribution in [3.63, 3.8) is 0 Å². The Morgan fingerprint density at radius 2 is 1.79 bits per heavy atom. The first-order valence-corrected chi connectivity index (χ1v) is 7.25. The van der Waals surface area contributed by atoms with E-state index in [2.05, 4.69) is 16.2 Å². The number of hydrazine groups is 1. The van der Waals surface area contributed by atoms with Gasteiger partial charge in [0, 0.05) is 0 Å². The average Bonchev–Trinajstić information content (AvgIpc) is 2.60. The zero-order valence-corrected chi connectivity index (χ0v) is 13.4. The van der Waals surface area contributed by atoms with Gasteiger partial charge in [-0.05, 0) is 30.2 Å². The number of hydrogen-bond donors (Lipinski definition) is 4. The second kappa shape index (κ2) is 7.98. The van der Waals surface area contributed by atoms with E-state index in [1.807, 2.05) is 13.0 Å². The van der Waals surface area contributed by atoms with E-state index in [9.17, 15) is 14.7 Å². The number of carbonyl (C=O) groups is 2. The van der Waals surface area contributed by atoms with Crippen LogP contribution >= 0.6 is 0 Å². The molecule has 0 bridgehead atoms. The molecule has 2 aromatic rings. The third kappa shape index (κ3) is 4.47. The van der Waals surface area contributed by atoms with Crippen LogP contribution in [0.15, 0.2) is 48.5 Å². The highest BCUT2D eigenvalue weighted by atomic mass is 16.5. The minimum Gasteiger partial charge on any atom is -0.495 e. The lowest BCUT2D eigenvalue weighted by molar-refractivity contribution is -0.130. The molecule has 7 nitrogen and oxygen atoms in total. The summed E-state index contributed by atoms with van der Waals surface area (Å²) in [6.45, 7) is 1.88. The molecular weight excluding hydrogens is 310 g/mol. The lowest BCUT2D eigenvalue weighted by Crippen LogP contribution is -2.45. The molecule has 2 rings (SSSR count). The number of ether oxygens (including phenoxy) is 1. The fourth-order valence-corrected chi connectivity index (χ4v) is 2.05. The fraction of sp³-hybridized carbons (Fsp3) is 0.176. The van der Waals surface area contributed by atoms with Gasteiger partial charge in [-0.1, -0.05) is 36.4 Å². The third-order valence-electron chi connectivity index (χ3n) is 3.27. The number of carbonyl (C=O) groups excluding carboxylic acids is 2. The molecule has 1 atom stereocenters. The Labute approximate surface area is 139 Å². The summed E-state index contributed by atoms with van der Waals surface area (Å²) in [5, 5.41) is 12.5. The van der Waals surface area contributed by atoms with Crippen molar-refractivity contribution in [3.8, 4) is 5.75 Å². The Hall–Kier alpha value is -3.06. The fourth-order valence-electron chi connectivity index (χ4n) is 2.05. The van der Waals surface area contributed by atoms with Gasteiger partial charge in [-0.2, -0.15) is 0 Å². The maximum absolute atomic E-state index is 11.9. The number of hydrogen-bond acceptors (Lipinski definition) is 4. The molecule has 4 N–H and O–H groups in total. The molecule has 0 radical (unpaired) electrons. The molecule has 0 heterocycles. The number of aliphatic hydroxyl groups excluding tert-OH is 1. The molecule has 0 spiro atoms. The van der Waals surface area contributed by atoms with Gasteiger partial charge in [0.1, 0.15) is 5.75 Å². The Bertz CT molecular complexity index is 719. The van der Waals surface area contributed by atoms with Crippen LogP contribution in [0.5, 0.6) is 5.75 Å². The molecular formula is C17H19N3O4. The number of benzene rings is 2. The third-order valence-corrected chi connectivity index (χ3v) is 3.27. The van der Waals surface area contributed by atoms with Crippen molar-refractivity contribution in [2.24, 2.45) is 0 Å². The van der Waals surface area contributed by atoms with Crippen molar-refractivity contribution in [2.45, 2.75) is 13.0 Å². The number of aliphatic hydroxyl groups is 1. The van der Waals surface area contributed by atoms with Crippen LogP contribution in [0.2, 0.25) is 0 Å². The summed E-state index contributed by atoms with van der Waals surface area (Å²) < 4.78 is 5.15. The predicted molar refractivity (Wildman–Crippen MR) is 89.4 cm³/mol. The van der Waals surface area contributed by atoms with Gasteiger partial charge in [0.05, 0.1) is 12.8 Å². The van der Waals surface area contributed by atoms with E-state index in [1.165, 1.54) is 7.11 Å². The van der Waals surface area contributed by atoms with Crippen molar-refractivity contribution in [3.05, 3.63) is 59.7 Å². The lowest BCUT2D eigenvalue weighted by atomic mass is 10.1. The van der Waals surface area contributed by atoms with Crippen LogP contribution in [0.1, 0.15) is 17.2 Å². The molecule has 0 aliphatic rings. The Morgan fingerprint density at radius 1 is 1.08 bits per heavy atom. The number of nitrogens with one attached hydrogen (secondary N) is 3. The molecule has 126 valence electrons. The topological polar surface area (TPSA) is 99.7 Å². The summed E-state index contributed by atoms with van der Waals surface area (Å²) >= 11 is 0. The number of aryl methyl sites for hydroxylation is 1. The highest BCUT2D eigenvalue weighted by Gasteiger charge is 2.17. The maximum atomic E-state index is 11.9. The monoisotopic (exact) mass is 329 g/mol. The minimum atomic E-state index is -1.37. The number of methoxy groups -OCH3 is 1. The average molecular weight is 329 g/mol. The van der Waals surface area contributed by atoms with Crippen molar-refractivity contribution >= 4 is 17.6 Å². The van der Waals surface area contributed by atoms with Crippen molar-refractivity contribution in [2.75, 3.05) is 12.4 Å². The predicted octanol–water partition coefficient (Wildman–Crippen LogP) is 1.89. The first-order chi connectivity index (χ1) is 11.5. The molecule has 1 unspecified atom stereocenters. The van der Waals surface area contributed by atoms with E-state index in [0.717, 1.165) is 5.56 Å². The normalized spacial score (nSPS) is 11.3. The summed E-state index contributed by atoms with van der Waals surface area (Å²) in [5.41, 5.74) is 6.18. The van der Waals surface area contributed by atoms with Crippen LogP contribution in [0, 0.1) is 6.92 Å². The largest absolute Gasteiger partial charge is 0.495 e. The highest BCUT2D eigenvalue weighted by Crippen LogP contribution is 2.24. The SMILES string of the molecule is COc1ccc(C)cc1NC(=O)NNC(=O)C(O)c1ccccc1. The first-order valence-electron chi connectivity index (χ1n) is 7.25. The summed E-state index contributed by atoms with van der Waals surface area (Å²) in [6.07, 6.45) is -1.37. The number of amides is 3. The van der Waals surface area contributed by atoms with Crippen molar-refractivity contribution < 1.29 is 19.4 Å². The minimum absolute atomic E-state index is 0.428. The van der Waals surface area contributed by atoms with Crippen molar-refractivity contribution in [1.29, 1.82) is 0 Å². The van der Waals surface area contributed by atoms with E-state index in [-0.39, 0.29) is 0 Å². The van der Waals surface area contributed by atoms with Gasteiger partial charge in [-0.3, -0.25) is 10.2 Å². The van der Waals surface area contributed by atoms with E-state index in [0.29, 0.717) is 17.0 Å². The molecule has 0 fully saturated rings. The second-order valence-corrected chi connectivity index (χ2v) is 5.09. The van der Waals surface area contributed by atoms with Gasteiger partial charge < -0.3 is 15.2 Å². The lowest BCUT2D eigenvalue weighted by Gasteiger charge is -2.14. The van der Waals surface area contributed by atoms with Crippen LogP contribution in [0.3, 0.4) is 0 Å². The molecule has 0 aromatic heterocycles. The van der Waals surface area contributed by atoms with Crippen LogP contribution in [0.25, 0.3) is 0 Å². The van der Waals surface area contributed by atoms with E-state index < -0.39 is 18.0 Å². The maximum Gasteiger partial charge on any atom is 0.338 e. The highest BCUT2D eigenvalue weighted by molar-refractivity contribution is 5.93. The first kappa shape index (κ1) is 17.3. The van der Waals surface area contributed by atoms with E-state index in [1.54, 1.807) is 42.5 Å². The number of anilines is 1. The summed E-state index contributed by atoms with van der Waals surface area (Å²) in [6, 6.07) is 13.1. The van der Waals surface area contributed by atoms with Crippen LogP contribution in [0.4, 0.5) is 10.5 Å². The van der Waals surface area contributed by atoms with E-state index >= 15 is 0 Å². The molecule has 3 amide bonds. The molecule has 0 aliphatic carbocycles. The zero-order chi connectivity index (χ0) is 17.5. The van der Waals surface area contributed by atoms with Gasteiger partial charge in [0.2, 0.25) is 0 Å². The second-order valence-electron chi connectivity index (χ2n) is 5.09. The Morgan fingerprint density at radius 3 is 2.46 bits per heavy atom. The zero-order valence-electron chi connectivity index (χ0n) is 13.4. The summed E-state index contributed by atoms with van der Waals surface area (Å²) in [4.78, 5) is 23.7. The Kier molecular flexibility index (Phi) is 5.75. The van der Waals surface area contributed by atoms with Crippen LogP contribution < -0.4 is 20.9 Å². The number of urea groups is 1. The molecule has 0 saturated heterocycles. The molecule has 2 aromatic carbocycles. The van der Waals surface area contributed by atoms with Crippen molar-refractivity contribution in [1.82, 2.24) is 10.9 Å².